The molecular weight excluding hydrogens is 241 g/mol. The van der Waals surface area contributed by atoms with Crippen LogP contribution in [0, 0.1) is 17.1 Å². The highest BCUT2D eigenvalue weighted by atomic mass is 32.1. The molecule has 0 fully saturated rings. The van der Waals surface area contributed by atoms with Gasteiger partial charge in [-0.3, -0.25) is 0 Å². The summed E-state index contributed by atoms with van der Waals surface area (Å²) < 4.78 is 13.2. The third-order valence-electron chi connectivity index (χ3n) is 2.13. The Balaban J connectivity index is 2.49. The highest BCUT2D eigenvalue weighted by Crippen LogP contribution is 2.29. The maximum atomic E-state index is 13.2. The fourth-order valence-electron chi connectivity index (χ4n) is 1.40. The molecule has 0 aliphatic heterocycles. The molecule has 0 saturated heterocycles. The van der Waals surface area contributed by atoms with Crippen LogP contribution < -0.4 is 0 Å². The van der Waals surface area contributed by atoms with Gasteiger partial charge in [0.1, 0.15) is 10.7 Å². The van der Waals surface area contributed by atoms with E-state index in [9.17, 15) is 9.18 Å². The van der Waals surface area contributed by atoms with Gasteiger partial charge in [-0.25, -0.2) is 9.18 Å². The van der Waals surface area contributed by atoms with Crippen LogP contribution in [0.3, 0.4) is 0 Å². The van der Waals surface area contributed by atoms with E-state index in [1.54, 1.807) is 6.07 Å². The zero-order chi connectivity index (χ0) is 12.4. The third-order valence-corrected chi connectivity index (χ3v) is 3.25. The normalized spacial score (nSPS) is 9.88. The smallest absolute Gasteiger partial charge is 0.345 e. The lowest BCUT2D eigenvalue weighted by atomic mass is 10.1. The Labute approximate surface area is 100 Å². The largest absolute Gasteiger partial charge is 0.477 e. The molecule has 0 bridgehead atoms. The Morgan fingerprint density at radius 1 is 1.35 bits per heavy atom. The van der Waals surface area contributed by atoms with Gasteiger partial charge in [-0.15, -0.1) is 11.3 Å². The number of nitriles is 1. The minimum Gasteiger partial charge on any atom is -0.477 e. The van der Waals surface area contributed by atoms with Crippen molar-refractivity contribution in [3.63, 3.8) is 0 Å². The SMILES string of the molecule is N#Cc1cc(F)cc(-c2ccc(C(=O)O)s2)c1. The fraction of sp³-hybridized carbons (Fsp3) is 0. The molecule has 84 valence electrons. The molecule has 0 aliphatic rings. The maximum Gasteiger partial charge on any atom is 0.345 e. The van der Waals surface area contributed by atoms with Gasteiger partial charge in [0.15, 0.2) is 0 Å². The molecular formula is C12H6FNO2S. The standard InChI is InChI=1S/C12H6FNO2S/c13-9-4-7(6-14)3-8(5-9)10-1-2-11(17-10)12(15)16/h1-5H,(H,15,16). The minimum atomic E-state index is -1.02. The van der Waals surface area contributed by atoms with E-state index in [0.29, 0.717) is 10.4 Å². The summed E-state index contributed by atoms with van der Waals surface area (Å²) >= 11 is 1.05. The number of nitrogens with zero attached hydrogens (tertiary/aromatic N) is 1. The van der Waals surface area contributed by atoms with E-state index in [4.69, 9.17) is 10.4 Å². The Bertz CT molecular complexity index is 628. The van der Waals surface area contributed by atoms with Gasteiger partial charge in [0.05, 0.1) is 11.6 Å². The molecule has 0 radical (unpaired) electrons. The number of halogens is 1. The van der Waals surface area contributed by atoms with Crippen molar-refractivity contribution in [2.75, 3.05) is 0 Å². The minimum absolute atomic E-state index is 0.183. The van der Waals surface area contributed by atoms with Gasteiger partial charge in [-0.05, 0) is 35.9 Å². The molecule has 0 amide bonds. The van der Waals surface area contributed by atoms with Gasteiger partial charge in [-0.2, -0.15) is 5.26 Å². The quantitative estimate of drug-likeness (QED) is 0.886. The second kappa shape index (κ2) is 4.36. The molecule has 1 heterocycles. The summed E-state index contributed by atoms with van der Waals surface area (Å²) in [4.78, 5) is 11.5. The van der Waals surface area contributed by atoms with Crippen LogP contribution in [-0.4, -0.2) is 11.1 Å². The van der Waals surface area contributed by atoms with Gasteiger partial charge in [-0.1, -0.05) is 0 Å². The summed E-state index contributed by atoms with van der Waals surface area (Å²) in [5, 5.41) is 17.5. The lowest BCUT2D eigenvalue weighted by molar-refractivity contribution is 0.0702. The van der Waals surface area contributed by atoms with Gasteiger partial charge >= 0.3 is 5.97 Å². The number of hydrogen-bond acceptors (Lipinski definition) is 3. The summed E-state index contributed by atoms with van der Waals surface area (Å²) in [5.74, 6) is -1.53. The molecule has 1 N–H and O–H groups in total. The molecule has 17 heavy (non-hydrogen) atoms. The van der Waals surface area contributed by atoms with Crippen LogP contribution in [0.2, 0.25) is 0 Å². The highest BCUT2D eigenvalue weighted by Gasteiger charge is 2.09. The van der Waals surface area contributed by atoms with E-state index in [1.165, 1.54) is 18.2 Å². The summed E-state index contributed by atoms with van der Waals surface area (Å²) in [6.07, 6.45) is 0. The van der Waals surface area contributed by atoms with Crippen molar-refractivity contribution in [3.8, 4) is 16.5 Å². The van der Waals surface area contributed by atoms with Crippen LogP contribution in [0.25, 0.3) is 10.4 Å². The average Bonchev–Trinajstić information content (AvgIpc) is 2.77. The fourth-order valence-corrected chi connectivity index (χ4v) is 2.24. The number of rotatable bonds is 2. The van der Waals surface area contributed by atoms with Crippen molar-refractivity contribution < 1.29 is 14.3 Å². The predicted octanol–water partition coefficient (Wildman–Crippen LogP) is 3.12. The number of carbonyl (C=O) groups is 1. The topological polar surface area (TPSA) is 61.1 Å². The molecule has 0 saturated carbocycles. The first-order chi connectivity index (χ1) is 8.10. The number of aromatic carboxylic acids is 1. The molecule has 2 aromatic rings. The molecule has 1 aromatic heterocycles. The van der Waals surface area contributed by atoms with Crippen LogP contribution in [-0.2, 0) is 0 Å². The number of thiophene rings is 1. The Kier molecular flexibility index (Phi) is 2.90. The van der Waals surface area contributed by atoms with Crippen molar-refractivity contribution in [1.29, 1.82) is 5.26 Å². The van der Waals surface area contributed by atoms with Crippen molar-refractivity contribution in [2.45, 2.75) is 0 Å². The monoisotopic (exact) mass is 247 g/mol. The molecule has 5 heteroatoms. The van der Waals surface area contributed by atoms with Gasteiger partial charge < -0.3 is 5.11 Å². The summed E-state index contributed by atoms with van der Waals surface area (Å²) in [7, 11) is 0. The van der Waals surface area contributed by atoms with Crippen molar-refractivity contribution in [3.05, 3.63) is 46.6 Å². The Hall–Kier alpha value is -2.19. The van der Waals surface area contributed by atoms with Gasteiger partial charge in [0.25, 0.3) is 0 Å². The van der Waals surface area contributed by atoms with E-state index in [0.717, 1.165) is 17.4 Å². The first-order valence-electron chi connectivity index (χ1n) is 4.64. The van der Waals surface area contributed by atoms with Crippen LogP contribution >= 0.6 is 11.3 Å². The van der Waals surface area contributed by atoms with Gasteiger partial charge in [0, 0.05) is 4.88 Å². The lowest BCUT2D eigenvalue weighted by Crippen LogP contribution is -1.89. The lowest BCUT2D eigenvalue weighted by Gasteiger charge is -1.98. The van der Waals surface area contributed by atoms with E-state index >= 15 is 0 Å². The molecule has 0 atom stereocenters. The number of benzene rings is 1. The third kappa shape index (κ3) is 2.32. The van der Waals surface area contributed by atoms with Crippen molar-refractivity contribution >= 4 is 17.3 Å². The molecule has 0 unspecified atom stereocenters. The molecule has 0 spiro atoms. The zero-order valence-corrected chi connectivity index (χ0v) is 9.29. The van der Waals surface area contributed by atoms with E-state index in [2.05, 4.69) is 0 Å². The highest BCUT2D eigenvalue weighted by molar-refractivity contribution is 7.17. The predicted molar refractivity (Wildman–Crippen MR) is 61.4 cm³/mol. The summed E-state index contributed by atoms with van der Waals surface area (Å²) in [6, 6.07) is 8.85. The second-order valence-electron chi connectivity index (χ2n) is 3.31. The van der Waals surface area contributed by atoms with Crippen LogP contribution in [0.1, 0.15) is 15.2 Å². The van der Waals surface area contributed by atoms with E-state index < -0.39 is 11.8 Å². The summed E-state index contributed by atoms with van der Waals surface area (Å²) in [5.41, 5.74) is 0.726. The maximum absolute atomic E-state index is 13.2. The Morgan fingerprint density at radius 3 is 2.71 bits per heavy atom. The van der Waals surface area contributed by atoms with Crippen LogP contribution in [0.4, 0.5) is 4.39 Å². The van der Waals surface area contributed by atoms with E-state index in [1.807, 2.05) is 6.07 Å². The number of hydrogen-bond donors (Lipinski definition) is 1. The first-order valence-corrected chi connectivity index (χ1v) is 5.46. The average molecular weight is 247 g/mol. The summed E-state index contributed by atoms with van der Waals surface area (Å²) in [6.45, 7) is 0. The molecule has 2 rings (SSSR count). The molecule has 0 aliphatic carbocycles. The Morgan fingerprint density at radius 2 is 2.12 bits per heavy atom. The molecule has 3 nitrogen and oxygen atoms in total. The zero-order valence-electron chi connectivity index (χ0n) is 8.48. The number of carboxylic acid groups (broad SMARTS) is 1. The van der Waals surface area contributed by atoms with Crippen molar-refractivity contribution in [2.24, 2.45) is 0 Å². The van der Waals surface area contributed by atoms with Crippen LogP contribution in [0.5, 0.6) is 0 Å². The van der Waals surface area contributed by atoms with Gasteiger partial charge in [0.2, 0.25) is 0 Å². The number of carboxylic acids is 1. The van der Waals surface area contributed by atoms with Crippen molar-refractivity contribution in [1.82, 2.24) is 0 Å². The molecule has 1 aromatic carbocycles. The second-order valence-corrected chi connectivity index (χ2v) is 4.39. The van der Waals surface area contributed by atoms with E-state index in [-0.39, 0.29) is 10.4 Å². The first kappa shape index (κ1) is 11.3. The van der Waals surface area contributed by atoms with Crippen LogP contribution in [0.15, 0.2) is 30.3 Å².